The number of amides is 2. The van der Waals surface area contributed by atoms with E-state index in [1.165, 1.54) is 0 Å². The molecule has 152 valence electrons. The van der Waals surface area contributed by atoms with E-state index >= 15 is 0 Å². The minimum atomic E-state index is -0.183. The lowest BCUT2D eigenvalue weighted by atomic mass is 10.1. The van der Waals surface area contributed by atoms with Gasteiger partial charge in [-0.1, -0.05) is 30.3 Å². The summed E-state index contributed by atoms with van der Waals surface area (Å²) in [6, 6.07) is 22.6. The van der Waals surface area contributed by atoms with Gasteiger partial charge < -0.3 is 10.1 Å². The molecule has 0 spiro atoms. The Morgan fingerprint density at radius 2 is 1.73 bits per heavy atom. The molecule has 0 bridgehead atoms. The molecule has 1 aliphatic heterocycles. The maximum atomic E-state index is 12.6. The van der Waals surface area contributed by atoms with E-state index < -0.39 is 0 Å². The van der Waals surface area contributed by atoms with Crippen LogP contribution in [0.25, 0.3) is 0 Å². The number of methoxy groups -OCH3 is 1. The first kappa shape index (κ1) is 20.0. The predicted molar refractivity (Wildman–Crippen MR) is 121 cm³/mol. The number of para-hydroxylation sites is 1. The molecule has 30 heavy (non-hydrogen) atoms. The van der Waals surface area contributed by atoms with Gasteiger partial charge >= 0.3 is 0 Å². The van der Waals surface area contributed by atoms with Crippen LogP contribution in [0.2, 0.25) is 0 Å². The van der Waals surface area contributed by atoms with Crippen molar-refractivity contribution in [2.45, 2.75) is 12.3 Å². The number of hydrogen-bond donors (Lipinski definition) is 1. The minimum Gasteiger partial charge on any atom is -0.497 e. The zero-order valence-electron chi connectivity index (χ0n) is 16.8. The molecule has 1 saturated heterocycles. The third-order valence-corrected chi connectivity index (χ3v) is 6.26. The summed E-state index contributed by atoms with van der Waals surface area (Å²) < 4.78 is 5.12. The monoisotopic (exact) mass is 418 g/mol. The Balaban J connectivity index is 1.50. The number of carbonyl (C=O) groups excluding carboxylic acids is 2. The van der Waals surface area contributed by atoms with Crippen LogP contribution >= 0.6 is 11.8 Å². The van der Waals surface area contributed by atoms with Gasteiger partial charge in [0.25, 0.3) is 5.91 Å². The van der Waals surface area contributed by atoms with Gasteiger partial charge in [-0.2, -0.15) is 0 Å². The third-order valence-electron chi connectivity index (χ3n) is 5.05. The molecule has 0 saturated carbocycles. The molecule has 3 aromatic carbocycles. The largest absolute Gasteiger partial charge is 0.497 e. The summed E-state index contributed by atoms with van der Waals surface area (Å²) in [6.45, 7) is 2.01. The van der Waals surface area contributed by atoms with Gasteiger partial charge in [0.1, 0.15) is 11.1 Å². The zero-order valence-corrected chi connectivity index (χ0v) is 17.6. The zero-order chi connectivity index (χ0) is 21.1. The standard InChI is InChI=1S/C24H22N2O3S/c1-16-5-3-4-6-21(16)26-22(27)15-30-24(26)18-7-11-19(12-8-18)25-23(28)17-9-13-20(29-2)14-10-17/h3-14,24H,15H2,1-2H3,(H,25,28)/t24-/m0/s1. The highest BCUT2D eigenvalue weighted by molar-refractivity contribution is 8.00. The van der Waals surface area contributed by atoms with Crippen LogP contribution in [-0.2, 0) is 4.79 Å². The van der Waals surface area contributed by atoms with Crippen molar-refractivity contribution in [3.05, 3.63) is 89.5 Å². The number of nitrogens with one attached hydrogen (secondary N) is 1. The lowest BCUT2D eigenvalue weighted by Crippen LogP contribution is -2.28. The number of benzene rings is 3. The van der Waals surface area contributed by atoms with Gasteiger partial charge in [-0.3, -0.25) is 14.5 Å². The van der Waals surface area contributed by atoms with Gasteiger partial charge in [0, 0.05) is 16.9 Å². The molecule has 0 aliphatic carbocycles. The first-order valence-electron chi connectivity index (χ1n) is 9.61. The Labute approximate surface area is 180 Å². The molecule has 0 radical (unpaired) electrons. The summed E-state index contributed by atoms with van der Waals surface area (Å²) >= 11 is 1.61. The molecule has 5 nitrogen and oxygen atoms in total. The van der Waals surface area contributed by atoms with Crippen molar-refractivity contribution in [1.29, 1.82) is 0 Å². The molecule has 4 rings (SSSR count). The first-order valence-corrected chi connectivity index (χ1v) is 10.7. The van der Waals surface area contributed by atoms with E-state index in [0.717, 1.165) is 16.8 Å². The first-order chi connectivity index (χ1) is 14.6. The molecule has 6 heteroatoms. The van der Waals surface area contributed by atoms with Crippen molar-refractivity contribution < 1.29 is 14.3 Å². The van der Waals surface area contributed by atoms with Crippen LogP contribution in [0.4, 0.5) is 11.4 Å². The SMILES string of the molecule is COc1ccc(C(=O)Nc2ccc([C@@H]3SCC(=O)N3c3ccccc3C)cc2)cc1. The van der Waals surface area contributed by atoms with Crippen LogP contribution in [0.5, 0.6) is 5.75 Å². The maximum absolute atomic E-state index is 12.6. The lowest BCUT2D eigenvalue weighted by molar-refractivity contribution is -0.115. The van der Waals surface area contributed by atoms with E-state index in [-0.39, 0.29) is 17.2 Å². The highest BCUT2D eigenvalue weighted by Crippen LogP contribution is 2.42. The summed E-state index contributed by atoms with van der Waals surface area (Å²) in [7, 11) is 1.59. The maximum Gasteiger partial charge on any atom is 0.255 e. The summed E-state index contributed by atoms with van der Waals surface area (Å²) in [5.41, 5.74) is 4.30. The van der Waals surface area contributed by atoms with Gasteiger partial charge in [-0.15, -0.1) is 11.8 Å². The summed E-state index contributed by atoms with van der Waals surface area (Å²) in [5.74, 6) is 1.08. The van der Waals surface area contributed by atoms with Crippen molar-refractivity contribution in [1.82, 2.24) is 0 Å². The Bertz CT molecular complexity index is 1060. The van der Waals surface area contributed by atoms with Crippen LogP contribution in [0.15, 0.2) is 72.8 Å². The topological polar surface area (TPSA) is 58.6 Å². The quantitative estimate of drug-likeness (QED) is 0.631. The van der Waals surface area contributed by atoms with E-state index in [1.807, 2.05) is 60.4 Å². The number of carbonyl (C=O) groups is 2. The van der Waals surface area contributed by atoms with Crippen molar-refractivity contribution in [2.75, 3.05) is 23.1 Å². The summed E-state index contributed by atoms with van der Waals surface area (Å²) in [6.07, 6.45) is 0. The van der Waals surface area contributed by atoms with E-state index in [9.17, 15) is 9.59 Å². The fraction of sp³-hybridized carbons (Fsp3) is 0.167. The Kier molecular flexibility index (Phi) is 5.77. The third kappa shape index (κ3) is 4.04. The van der Waals surface area contributed by atoms with Crippen LogP contribution < -0.4 is 15.0 Å². The molecule has 1 heterocycles. The van der Waals surface area contributed by atoms with Crippen molar-refractivity contribution in [3.63, 3.8) is 0 Å². The number of aryl methyl sites for hydroxylation is 1. The number of anilines is 2. The highest BCUT2D eigenvalue weighted by atomic mass is 32.2. The van der Waals surface area contributed by atoms with E-state index in [1.54, 1.807) is 43.1 Å². The second-order valence-corrected chi connectivity index (χ2v) is 8.09. The fourth-order valence-electron chi connectivity index (χ4n) is 3.44. The number of rotatable bonds is 5. The molecular weight excluding hydrogens is 396 g/mol. The number of ether oxygens (including phenoxy) is 1. The second kappa shape index (κ2) is 8.63. The molecule has 1 fully saturated rings. The normalized spacial score (nSPS) is 15.9. The molecule has 0 unspecified atom stereocenters. The lowest BCUT2D eigenvalue weighted by Gasteiger charge is -2.26. The van der Waals surface area contributed by atoms with E-state index in [0.29, 0.717) is 22.8 Å². The van der Waals surface area contributed by atoms with Crippen molar-refractivity contribution in [2.24, 2.45) is 0 Å². The van der Waals surface area contributed by atoms with Gasteiger partial charge in [-0.25, -0.2) is 0 Å². The average Bonchev–Trinajstić information content (AvgIpc) is 3.16. The predicted octanol–water partition coefficient (Wildman–Crippen LogP) is 5.03. The van der Waals surface area contributed by atoms with E-state index in [4.69, 9.17) is 4.74 Å². The Morgan fingerprint density at radius 3 is 2.40 bits per heavy atom. The van der Waals surface area contributed by atoms with E-state index in [2.05, 4.69) is 5.32 Å². The van der Waals surface area contributed by atoms with Crippen LogP contribution in [0.3, 0.4) is 0 Å². The van der Waals surface area contributed by atoms with Crippen molar-refractivity contribution in [3.8, 4) is 5.75 Å². The molecule has 2 amide bonds. The molecular formula is C24H22N2O3S. The highest BCUT2D eigenvalue weighted by Gasteiger charge is 2.34. The minimum absolute atomic E-state index is 0.0788. The molecule has 3 aromatic rings. The molecule has 0 aromatic heterocycles. The van der Waals surface area contributed by atoms with Crippen LogP contribution in [0, 0.1) is 6.92 Å². The smallest absolute Gasteiger partial charge is 0.255 e. The molecule has 1 atom stereocenters. The number of hydrogen-bond acceptors (Lipinski definition) is 4. The Hall–Kier alpha value is -3.25. The molecule has 1 aliphatic rings. The van der Waals surface area contributed by atoms with Crippen molar-refractivity contribution >= 4 is 35.0 Å². The van der Waals surface area contributed by atoms with Crippen LogP contribution in [0.1, 0.15) is 26.9 Å². The number of thioether (sulfide) groups is 1. The van der Waals surface area contributed by atoms with Gasteiger partial charge in [0.05, 0.1) is 12.9 Å². The summed E-state index contributed by atoms with van der Waals surface area (Å²) in [4.78, 5) is 26.9. The number of nitrogens with zero attached hydrogens (tertiary/aromatic N) is 1. The summed E-state index contributed by atoms with van der Waals surface area (Å²) in [5, 5.41) is 2.83. The van der Waals surface area contributed by atoms with Gasteiger partial charge in [-0.05, 0) is 60.5 Å². The molecule has 1 N–H and O–H groups in total. The van der Waals surface area contributed by atoms with Gasteiger partial charge in [0.2, 0.25) is 5.91 Å². The fourth-order valence-corrected chi connectivity index (χ4v) is 4.61. The average molecular weight is 419 g/mol. The van der Waals surface area contributed by atoms with Gasteiger partial charge in [0.15, 0.2) is 0 Å². The Morgan fingerprint density at radius 1 is 1.03 bits per heavy atom. The second-order valence-electron chi connectivity index (χ2n) is 7.02. The van der Waals surface area contributed by atoms with Crippen LogP contribution in [-0.4, -0.2) is 24.7 Å².